The maximum Gasteiger partial charge on any atom is 0.315 e. The predicted octanol–water partition coefficient (Wildman–Crippen LogP) is 6.18. The van der Waals surface area contributed by atoms with Crippen molar-refractivity contribution in [1.29, 1.82) is 0 Å². The molecular weight excluding hydrogens is 461 g/mol. The van der Waals surface area contributed by atoms with Crippen molar-refractivity contribution >= 4 is 69.5 Å². The molecule has 2 aliphatic rings. The van der Waals surface area contributed by atoms with Crippen LogP contribution in [0, 0.1) is 17.3 Å². The SMILES string of the molecule is CCC(C)N1C(=O)/C(=C/c2ccc(OC(=O)C3C(C=C(Cl)Cl)C3(C)C)cc2)SC1=S. The average molecular weight is 484 g/mol. The molecule has 0 spiro atoms. The van der Waals surface area contributed by atoms with E-state index in [0.717, 1.165) is 12.0 Å². The van der Waals surface area contributed by atoms with Crippen LogP contribution in [0.15, 0.2) is 39.7 Å². The van der Waals surface area contributed by atoms with E-state index in [1.165, 1.54) is 11.8 Å². The van der Waals surface area contributed by atoms with E-state index in [9.17, 15) is 9.59 Å². The molecule has 1 amide bonds. The van der Waals surface area contributed by atoms with Crippen molar-refractivity contribution in [1.82, 2.24) is 4.90 Å². The summed E-state index contributed by atoms with van der Waals surface area (Å²) in [6.45, 7) is 7.98. The summed E-state index contributed by atoms with van der Waals surface area (Å²) in [6.07, 6.45) is 4.33. The Morgan fingerprint density at radius 2 is 1.97 bits per heavy atom. The molecule has 0 radical (unpaired) electrons. The number of carbonyl (C=O) groups is 2. The average Bonchev–Trinajstić information content (AvgIpc) is 3.08. The smallest absolute Gasteiger partial charge is 0.315 e. The normalized spacial score (nSPS) is 24.7. The molecule has 3 rings (SSSR count). The second kappa shape index (κ2) is 9.03. The van der Waals surface area contributed by atoms with Crippen LogP contribution >= 0.6 is 47.2 Å². The van der Waals surface area contributed by atoms with Crippen LogP contribution in [0.4, 0.5) is 0 Å². The fourth-order valence-electron chi connectivity index (χ4n) is 3.58. The zero-order valence-corrected chi connectivity index (χ0v) is 20.3. The maximum absolute atomic E-state index is 12.6. The molecule has 1 aliphatic carbocycles. The Kier molecular flexibility index (Phi) is 7.02. The summed E-state index contributed by atoms with van der Waals surface area (Å²) in [7, 11) is 0. The number of halogens is 2. The number of rotatable bonds is 6. The minimum Gasteiger partial charge on any atom is -0.426 e. The summed E-state index contributed by atoms with van der Waals surface area (Å²) in [5.41, 5.74) is 0.595. The van der Waals surface area contributed by atoms with Gasteiger partial charge in [0.25, 0.3) is 5.91 Å². The van der Waals surface area contributed by atoms with Gasteiger partial charge in [0.15, 0.2) is 0 Å². The molecule has 160 valence electrons. The van der Waals surface area contributed by atoms with Gasteiger partial charge in [0, 0.05) is 6.04 Å². The molecule has 8 heteroatoms. The first-order valence-electron chi connectivity index (χ1n) is 9.68. The quantitative estimate of drug-likeness (QED) is 0.209. The first-order chi connectivity index (χ1) is 14.1. The molecule has 1 heterocycles. The van der Waals surface area contributed by atoms with Gasteiger partial charge in [-0.05, 0) is 54.5 Å². The minimum absolute atomic E-state index is 0.0401. The van der Waals surface area contributed by atoms with E-state index in [-0.39, 0.29) is 39.7 Å². The van der Waals surface area contributed by atoms with Crippen LogP contribution in [0.3, 0.4) is 0 Å². The third kappa shape index (κ3) is 4.77. The third-order valence-corrected chi connectivity index (χ3v) is 7.30. The van der Waals surface area contributed by atoms with Gasteiger partial charge in [0.05, 0.1) is 10.8 Å². The number of allylic oxidation sites excluding steroid dienone is 1. The summed E-state index contributed by atoms with van der Waals surface area (Å²) < 4.78 is 6.28. The van der Waals surface area contributed by atoms with Crippen LogP contribution in [0.5, 0.6) is 5.75 Å². The van der Waals surface area contributed by atoms with Gasteiger partial charge < -0.3 is 4.74 Å². The summed E-state index contributed by atoms with van der Waals surface area (Å²) >= 11 is 18.2. The van der Waals surface area contributed by atoms with E-state index in [0.29, 0.717) is 15.0 Å². The number of benzene rings is 1. The third-order valence-electron chi connectivity index (χ3n) is 5.72. The van der Waals surface area contributed by atoms with Crippen LogP contribution in [-0.4, -0.2) is 27.1 Å². The van der Waals surface area contributed by atoms with E-state index in [4.69, 9.17) is 40.2 Å². The van der Waals surface area contributed by atoms with E-state index in [1.807, 2.05) is 39.8 Å². The van der Waals surface area contributed by atoms with Crippen LogP contribution in [0.1, 0.15) is 39.7 Å². The van der Waals surface area contributed by atoms with Crippen molar-refractivity contribution in [2.45, 2.75) is 40.2 Å². The van der Waals surface area contributed by atoms with Gasteiger partial charge in [-0.15, -0.1) is 0 Å². The highest BCUT2D eigenvalue weighted by Gasteiger charge is 2.61. The Morgan fingerprint density at radius 3 is 2.53 bits per heavy atom. The van der Waals surface area contributed by atoms with E-state index in [1.54, 1.807) is 29.2 Å². The lowest BCUT2D eigenvalue weighted by Gasteiger charge is -2.21. The van der Waals surface area contributed by atoms with Gasteiger partial charge in [0.1, 0.15) is 14.6 Å². The first kappa shape index (κ1) is 23.3. The number of esters is 1. The fourth-order valence-corrected chi connectivity index (χ4v) is 5.31. The van der Waals surface area contributed by atoms with E-state index < -0.39 is 0 Å². The van der Waals surface area contributed by atoms with Crippen molar-refractivity contribution in [3.05, 3.63) is 45.3 Å². The number of amides is 1. The molecule has 3 unspecified atom stereocenters. The summed E-state index contributed by atoms with van der Waals surface area (Å²) in [5.74, 6) is -0.249. The summed E-state index contributed by atoms with van der Waals surface area (Å²) in [6, 6.07) is 7.12. The number of nitrogens with zero attached hydrogens (tertiary/aromatic N) is 1. The lowest BCUT2D eigenvalue weighted by atomic mass is 10.1. The topological polar surface area (TPSA) is 46.6 Å². The Bertz CT molecular complexity index is 936. The van der Waals surface area contributed by atoms with Gasteiger partial charge in [-0.3, -0.25) is 14.5 Å². The highest BCUT2D eigenvalue weighted by Crippen LogP contribution is 2.60. The Hall–Kier alpha value is -1.34. The molecule has 1 saturated heterocycles. The number of thiocarbonyl (C=S) groups is 1. The van der Waals surface area contributed by atoms with Crippen molar-refractivity contribution in [3.8, 4) is 5.75 Å². The molecule has 2 fully saturated rings. The van der Waals surface area contributed by atoms with E-state index in [2.05, 4.69) is 0 Å². The second-order valence-electron chi connectivity index (χ2n) is 8.08. The molecule has 30 heavy (non-hydrogen) atoms. The predicted molar refractivity (Wildman–Crippen MR) is 127 cm³/mol. The fraction of sp³-hybridized carbons (Fsp3) is 0.409. The number of ether oxygens (including phenoxy) is 1. The van der Waals surface area contributed by atoms with Crippen molar-refractivity contribution in [3.63, 3.8) is 0 Å². The second-order valence-corrected chi connectivity index (χ2v) is 10.8. The lowest BCUT2D eigenvalue weighted by Crippen LogP contribution is -2.36. The van der Waals surface area contributed by atoms with Gasteiger partial charge in [0.2, 0.25) is 0 Å². The molecule has 0 aromatic heterocycles. The number of carbonyl (C=O) groups excluding carboxylic acids is 2. The molecule has 1 aromatic carbocycles. The summed E-state index contributed by atoms with van der Waals surface area (Å²) in [5, 5.41) is 0. The highest BCUT2D eigenvalue weighted by molar-refractivity contribution is 8.26. The molecule has 4 nitrogen and oxygen atoms in total. The van der Waals surface area contributed by atoms with Crippen LogP contribution < -0.4 is 4.74 Å². The number of thioether (sulfide) groups is 1. The number of hydrogen-bond acceptors (Lipinski definition) is 5. The monoisotopic (exact) mass is 483 g/mol. The Morgan fingerprint density at radius 1 is 1.33 bits per heavy atom. The lowest BCUT2D eigenvalue weighted by molar-refractivity contribution is -0.136. The zero-order chi connectivity index (χ0) is 22.2. The minimum atomic E-state index is -0.307. The van der Waals surface area contributed by atoms with Gasteiger partial charge in [-0.2, -0.15) is 0 Å². The van der Waals surface area contributed by atoms with Gasteiger partial charge in [-0.1, -0.05) is 80.1 Å². The van der Waals surface area contributed by atoms with Crippen molar-refractivity contribution in [2.24, 2.45) is 17.3 Å². The maximum atomic E-state index is 12.6. The van der Waals surface area contributed by atoms with E-state index >= 15 is 0 Å². The van der Waals surface area contributed by atoms with Gasteiger partial charge >= 0.3 is 5.97 Å². The molecule has 0 N–H and O–H groups in total. The highest BCUT2D eigenvalue weighted by atomic mass is 35.5. The van der Waals surface area contributed by atoms with Crippen LogP contribution in [-0.2, 0) is 9.59 Å². The largest absolute Gasteiger partial charge is 0.426 e. The molecule has 1 aliphatic heterocycles. The number of hydrogen-bond donors (Lipinski definition) is 0. The molecule has 1 saturated carbocycles. The standard InChI is InChI=1S/C22H23Cl2NO3S2/c1-5-12(2)25-19(26)16(30-21(25)29)10-13-6-8-14(9-7-13)28-20(27)18-15(11-17(23)24)22(18,3)4/h6-12,15,18H,5H2,1-4H3/b16-10-. The van der Waals surface area contributed by atoms with Gasteiger partial charge in [-0.25, -0.2) is 0 Å². The van der Waals surface area contributed by atoms with Crippen LogP contribution in [0.25, 0.3) is 6.08 Å². The zero-order valence-electron chi connectivity index (χ0n) is 17.1. The molecule has 1 aromatic rings. The Labute approximate surface area is 196 Å². The van der Waals surface area contributed by atoms with Crippen molar-refractivity contribution < 1.29 is 14.3 Å². The molecule has 3 atom stereocenters. The summed E-state index contributed by atoms with van der Waals surface area (Å²) in [4.78, 5) is 27.4. The molecule has 0 bridgehead atoms. The Balaban J connectivity index is 1.67. The van der Waals surface area contributed by atoms with Crippen LogP contribution in [0.2, 0.25) is 0 Å². The first-order valence-corrected chi connectivity index (χ1v) is 11.7. The van der Waals surface area contributed by atoms with Crippen molar-refractivity contribution in [2.75, 3.05) is 0 Å². The molecular formula is C22H23Cl2NO3S2.